The Morgan fingerprint density at radius 1 is 0.603 bits per heavy atom. The van der Waals surface area contributed by atoms with Gasteiger partial charge in [-0.25, -0.2) is 14.6 Å². The molecule has 6 amide bonds. The molecule has 4 aromatic rings. The molecule has 68 heavy (non-hydrogen) atoms. The topological polar surface area (TPSA) is 245 Å². The Bertz CT molecular complexity index is 2530. The molecule has 3 saturated heterocycles. The second kappa shape index (κ2) is 17.0. The maximum atomic E-state index is 15.0. The van der Waals surface area contributed by atoms with Crippen molar-refractivity contribution in [2.24, 2.45) is 11.5 Å². The van der Waals surface area contributed by atoms with E-state index in [0.717, 1.165) is 22.6 Å². The third-order valence-electron chi connectivity index (χ3n) is 16.2. The number of nitrogens with one attached hydrogen (secondary N) is 2. The number of nitrogens with two attached hydrogens (primary N) is 2. The third-order valence-corrected chi connectivity index (χ3v) is 16.2. The van der Waals surface area contributed by atoms with Gasteiger partial charge in [0.15, 0.2) is 0 Å². The zero-order valence-electron chi connectivity index (χ0n) is 38.8. The second-order valence-electron chi connectivity index (χ2n) is 19.8. The minimum atomic E-state index is -1.64. The molecule has 0 spiro atoms. The number of anilines is 2. The largest absolute Gasteiger partial charge is 0.465 e. The lowest BCUT2D eigenvalue weighted by molar-refractivity contribution is -0.144. The fourth-order valence-corrected chi connectivity index (χ4v) is 13.6. The Morgan fingerprint density at radius 2 is 1.01 bits per heavy atom. The maximum Gasteiger partial charge on any atom is 0.411 e. The molecule has 3 aromatic carbocycles. The SMILES string of the molecule is CN(C)c1ccc(-c2ccc(N3[C@H](C4CCCN4[C@@]4(C(=O)NC(=O)O)c5ccc(cc5)C4(C)CC(N)=O)CC[C@H]3C3CCCN3[C@@]3(C(=O)NC(=O)O)c4ccc(cc4)C3(C)CC(N)=O)cc2)cn1. The number of pyridine rings is 1. The van der Waals surface area contributed by atoms with Crippen LogP contribution in [0.3, 0.4) is 0 Å². The number of likely N-dealkylation sites (tertiary alicyclic amines) is 2. The zero-order chi connectivity index (χ0) is 48.5. The number of carboxylic acid groups (broad SMARTS) is 2. The number of amides is 6. The smallest absolute Gasteiger partial charge is 0.411 e. The van der Waals surface area contributed by atoms with E-state index in [0.29, 0.717) is 73.9 Å². The van der Waals surface area contributed by atoms with Crippen molar-refractivity contribution in [2.45, 2.75) is 111 Å². The summed E-state index contributed by atoms with van der Waals surface area (Å²) in [7, 11) is 3.86. The highest BCUT2D eigenvalue weighted by Crippen LogP contribution is 2.58. The van der Waals surface area contributed by atoms with Gasteiger partial charge in [-0.05, 0) is 104 Å². The standard InChI is InChI=1S/C51H59N9O8/c1-48(27-41(52)61)32-12-16-34(17-13-32)50(48,44(63)55-46(65)66)58-25-5-7-37(58)39-22-23-40(60(39)36-20-9-30(10-21-36)31-11-24-43(54-29-31)57(3)4)38-8-6-26-59(38)51(45(64)56-47(67)68)35-18-14-33(15-19-35)49(51,2)28-42(53)62/h9-21,24,29,37-40H,5-8,22-23,25-28H2,1-4H3,(H2,52,61)(H2,53,62)(H,55,63)(H,56,64)(H,65,66)(H,67,68)/t37?,38?,39-,40-,48?,49?,50+,51+/m0/s1. The quantitative estimate of drug-likeness (QED) is 0.106. The first-order valence-electron chi connectivity index (χ1n) is 23.3. The molecule has 3 aliphatic heterocycles. The van der Waals surface area contributed by atoms with Crippen molar-refractivity contribution in [3.05, 3.63) is 113 Å². The number of aromatic nitrogens is 1. The van der Waals surface area contributed by atoms with Gasteiger partial charge in [-0.3, -0.25) is 39.6 Å². The maximum absolute atomic E-state index is 15.0. The molecule has 1 aromatic heterocycles. The number of hydrogen-bond donors (Lipinski definition) is 6. The number of imide groups is 2. The van der Waals surface area contributed by atoms with Crippen molar-refractivity contribution in [1.82, 2.24) is 25.4 Å². The summed E-state index contributed by atoms with van der Waals surface area (Å²) in [6, 6.07) is 25.8. The normalized spacial score (nSPS) is 29.5. The van der Waals surface area contributed by atoms with E-state index in [9.17, 15) is 39.0 Å². The van der Waals surface area contributed by atoms with Crippen LogP contribution >= 0.6 is 0 Å². The summed E-state index contributed by atoms with van der Waals surface area (Å²) < 4.78 is 0. The molecular formula is C51H59N9O8. The summed E-state index contributed by atoms with van der Waals surface area (Å²) in [4.78, 5) is 94.1. The Morgan fingerprint density at radius 3 is 1.38 bits per heavy atom. The number of carbonyl (C=O) groups is 6. The van der Waals surface area contributed by atoms with Gasteiger partial charge in [0.25, 0.3) is 11.8 Å². The highest BCUT2D eigenvalue weighted by atomic mass is 16.4. The molecule has 7 aliphatic rings. The van der Waals surface area contributed by atoms with E-state index < -0.39 is 57.7 Å². The zero-order valence-corrected chi connectivity index (χ0v) is 38.8. The van der Waals surface area contributed by atoms with E-state index in [1.165, 1.54) is 0 Å². The predicted octanol–water partition coefficient (Wildman–Crippen LogP) is 4.75. The van der Waals surface area contributed by atoms with Crippen LogP contribution in [0.2, 0.25) is 0 Å². The molecule has 11 rings (SSSR count). The number of nitrogens with zero attached hydrogens (tertiary/aromatic N) is 5. The van der Waals surface area contributed by atoms with Crippen molar-refractivity contribution < 1.29 is 39.0 Å². The molecule has 17 heteroatoms. The Kier molecular flexibility index (Phi) is 11.6. The Balaban J connectivity index is 1.19. The van der Waals surface area contributed by atoms with Crippen LogP contribution in [0.1, 0.15) is 87.5 Å². The van der Waals surface area contributed by atoms with Gasteiger partial charge in [-0.1, -0.05) is 74.5 Å². The van der Waals surface area contributed by atoms with E-state index in [-0.39, 0.29) is 37.0 Å². The van der Waals surface area contributed by atoms with Gasteiger partial charge in [0.1, 0.15) is 16.9 Å². The number of benzene rings is 3. The minimum Gasteiger partial charge on any atom is -0.465 e. The van der Waals surface area contributed by atoms with Crippen LogP contribution in [0.15, 0.2) is 91.1 Å². The number of hydrogen-bond acceptors (Lipinski definition) is 11. The summed E-state index contributed by atoms with van der Waals surface area (Å²) in [5.74, 6) is -1.95. The molecule has 4 unspecified atom stereocenters. The van der Waals surface area contributed by atoms with E-state index in [4.69, 9.17) is 11.5 Å². The van der Waals surface area contributed by atoms with Gasteiger partial charge in [0.2, 0.25) is 11.8 Å². The first kappa shape index (κ1) is 46.3. The van der Waals surface area contributed by atoms with Gasteiger partial charge >= 0.3 is 12.2 Å². The monoisotopic (exact) mass is 925 g/mol. The number of fused-ring (bicyclic) bond motifs is 6. The first-order chi connectivity index (χ1) is 32.4. The Labute approximate surface area is 394 Å². The number of carbonyl (C=O) groups excluding carboxylic acids is 4. The molecule has 0 saturated carbocycles. The van der Waals surface area contributed by atoms with Crippen LogP contribution in [0, 0.1) is 0 Å². The van der Waals surface area contributed by atoms with Crippen LogP contribution < -0.4 is 31.9 Å². The van der Waals surface area contributed by atoms with E-state index in [1.807, 2.05) is 99.7 Å². The molecule has 4 heterocycles. The van der Waals surface area contributed by atoms with Crippen LogP contribution in [-0.4, -0.2) is 112 Å². The first-order valence-corrected chi connectivity index (χ1v) is 23.3. The lowest BCUT2D eigenvalue weighted by Gasteiger charge is -2.58. The van der Waals surface area contributed by atoms with Crippen LogP contribution in [-0.2, 0) is 41.1 Å². The van der Waals surface area contributed by atoms with Crippen LogP contribution in [0.5, 0.6) is 0 Å². The van der Waals surface area contributed by atoms with E-state index in [1.54, 1.807) is 0 Å². The van der Waals surface area contributed by atoms with Gasteiger partial charge < -0.3 is 31.5 Å². The van der Waals surface area contributed by atoms with Crippen molar-refractivity contribution in [1.29, 1.82) is 0 Å². The fraction of sp³-hybridized carbons (Fsp3) is 0.431. The molecule has 3 fully saturated rings. The Hall–Kier alpha value is -6.85. The van der Waals surface area contributed by atoms with Crippen molar-refractivity contribution in [3.8, 4) is 11.1 Å². The van der Waals surface area contributed by atoms with Gasteiger partial charge in [0.05, 0.1) is 0 Å². The molecule has 356 valence electrons. The highest BCUT2D eigenvalue weighted by Gasteiger charge is 2.67. The van der Waals surface area contributed by atoms with Crippen molar-refractivity contribution in [3.63, 3.8) is 0 Å². The fourth-order valence-electron chi connectivity index (χ4n) is 13.6. The number of rotatable bonds is 13. The number of primary amides is 2. The van der Waals surface area contributed by atoms with E-state index >= 15 is 0 Å². The molecular weight excluding hydrogens is 867 g/mol. The molecule has 8 N–H and O–H groups in total. The minimum absolute atomic E-state index is 0.220. The average Bonchev–Trinajstić information content (AvgIpc) is 4.07. The molecule has 0 radical (unpaired) electrons. The summed E-state index contributed by atoms with van der Waals surface area (Å²) in [6.45, 7) is 4.48. The summed E-state index contributed by atoms with van der Waals surface area (Å²) in [5, 5.41) is 24.7. The van der Waals surface area contributed by atoms with Crippen LogP contribution in [0.25, 0.3) is 11.1 Å². The summed E-state index contributed by atoms with van der Waals surface area (Å²) in [6.07, 6.45) is 2.27. The van der Waals surface area contributed by atoms with Gasteiger partial charge in [-0.15, -0.1) is 0 Å². The third kappa shape index (κ3) is 6.91. The van der Waals surface area contributed by atoms with Gasteiger partial charge in [0, 0.05) is 79.4 Å². The predicted molar refractivity (Wildman–Crippen MR) is 254 cm³/mol. The molecule has 4 aliphatic carbocycles. The summed E-state index contributed by atoms with van der Waals surface area (Å²) in [5.41, 5.74) is 11.5. The van der Waals surface area contributed by atoms with Crippen LogP contribution in [0.4, 0.5) is 21.1 Å². The highest BCUT2D eigenvalue weighted by molar-refractivity contribution is 6.01. The van der Waals surface area contributed by atoms with Gasteiger partial charge in [-0.2, -0.15) is 0 Å². The lowest BCUT2D eigenvalue weighted by Crippen LogP contribution is -2.72. The summed E-state index contributed by atoms with van der Waals surface area (Å²) >= 11 is 0. The average molecular weight is 926 g/mol. The van der Waals surface area contributed by atoms with E-state index in [2.05, 4.69) is 54.6 Å². The van der Waals surface area contributed by atoms with Crippen molar-refractivity contribution in [2.75, 3.05) is 37.0 Å². The molecule has 17 nitrogen and oxygen atoms in total. The van der Waals surface area contributed by atoms with Crippen molar-refractivity contribution >= 4 is 47.3 Å². The lowest BCUT2D eigenvalue weighted by atomic mass is 9.56. The molecule has 4 bridgehead atoms. The second-order valence-corrected chi connectivity index (χ2v) is 19.8. The molecule has 8 atom stereocenters.